The summed E-state index contributed by atoms with van der Waals surface area (Å²) in [6.45, 7) is 14.7. The number of ether oxygens (including phenoxy) is 1. The molecule has 2 aromatic rings. The van der Waals surface area contributed by atoms with E-state index in [0.717, 1.165) is 47.6 Å². The van der Waals surface area contributed by atoms with Crippen LogP contribution >= 0.6 is 11.8 Å². The van der Waals surface area contributed by atoms with Gasteiger partial charge in [-0.2, -0.15) is 0 Å². The molecule has 1 aromatic heterocycles. The average Bonchev–Trinajstić information content (AvgIpc) is 3.15. The zero-order chi connectivity index (χ0) is 22.7. The molecule has 2 aliphatic heterocycles. The second-order valence-corrected chi connectivity index (χ2v) is 11.5. The summed E-state index contributed by atoms with van der Waals surface area (Å²) in [5.74, 6) is 2.18. The lowest BCUT2D eigenvalue weighted by molar-refractivity contribution is 0.211. The standard InChI is InChI=1S/C26H36N4OS/c1-18(2)12-15-30-16-13-20-23(17-30)32-25(28-20)29-21-10-8-14-27-24(21)31-22-11-7-6-9-19(22)26(3,4)5/h6-11,14,18,20,23H,12-13,15-17H2,1-5H3,(H,28,29). The van der Waals surface area contributed by atoms with E-state index in [2.05, 4.69) is 62.0 Å². The van der Waals surface area contributed by atoms with Gasteiger partial charge in [0.15, 0.2) is 5.17 Å². The molecule has 32 heavy (non-hydrogen) atoms. The quantitative estimate of drug-likeness (QED) is 0.567. The van der Waals surface area contributed by atoms with Gasteiger partial charge in [-0.05, 0) is 48.9 Å². The summed E-state index contributed by atoms with van der Waals surface area (Å²) in [7, 11) is 0. The number of para-hydroxylation sites is 1. The highest BCUT2D eigenvalue weighted by Gasteiger charge is 2.35. The topological polar surface area (TPSA) is 49.8 Å². The molecular weight excluding hydrogens is 416 g/mol. The van der Waals surface area contributed by atoms with Gasteiger partial charge in [-0.1, -0.05) is 64.6 Å². The van der Waals surface area contributed by atoms with E-state index in [1.165, 1.54) is 13.0 Å². The minimum atomic E-state index is -0.0124. The third-order valence-electron chi connectivity index (χ3n) is 6.09. The number of likely N-dealkylation sites (tertiary alicyclic amines) is 1. The van der Waals surface area contributed by atoms with Crippen LogP contribution in [-0.2, 0) is 5.41 Å². The smallest absolute Gasteiger partial charge is 0.243 e. The maximum absolute atomic E-state index is 6.32. The molecule has 3 heterocycles. The van der Waals surface area contributed by atoms with Crippen molar-refractivity contribution in [1.82, 2.24) is 9.88 Å². The molecular formula is C26H36N4OS. The van der Waals surface area contributed by atoms with Crippen LogP contribution in [0.4, 0.5) is 5.69 Å². The molecule has 2 atom stereocenters. The first-order valence-corrected chi connectivity index (χ1v) is 12.6. The molecule has 0 radical (unpaired) electrons. The number of nitrogens with zero attached hydrogens (tertiary/aromatic N) is 3. The van der Waals surface area contributed by atoms with Crippen molar-refractivity contribution in [2.75, 3.05) is 25.0 Å². The number of thioether (sulfide) groups is 1. The molecule has 2 aliphatic rings. The van der Waals surface area contributed by atoms with E-state index in [4.69, 9.17) is 9.73 Å². The molecule has 1 N–H and O–H groups in total. The maximum atomic E-state index is 6.32. The maximum Gasteiger partial charge on any atom is 0.243 e. The molecule has 0 spiro atoms. The molecule has 5 nitrogen and oxygen atoms in total. The fraction of sp³-hybridized carbons (Fsp3) is 0.538. The molecule has 2 unspecified atom stereocenters. The number of pyridine rings is 1. The fourth-order valence-corrected chi connectivity index (χ4v) is 5.51. The predicted octanol–water partition coefficient (Wildman–Crippen LogP) is 6.18. The Labute approximate surface area is 197 Å². The van der Waals surface area contributed by atoms with Crippen molar-refractivity contribution < 1.29 is 4.74 Å². The molecule has 0 aliphatic carbocycles. The van der Waals surface area contributed by atoms with E-state index in [1.54, 1.807) is 6.20 Å². The normalized spacial score (nSPS) is 21.4. The predicted molar refractivity (Wildman–Crippen MR) is 136 cm³/mol. The first kappa shape index (κ1) is 23.1. The molecule has 0 bridgehead atoms. The van der Waals surface area contributed by atoms with Gasteiger partial charge >= 0.3 is 0 Å². The molecule has 0 saturated carbocycles. The summed E-state index contributed by atoms with van der Waals surface area (Å²) >= 11 is 1.86. The van der Waals surface area contributed by atoms with Crippen molar-refractivity contribution in [1.29, 1.82) is 0 Å². The summed E-state index contributed by atoms with van der Waals surface area (Å²) in [5, 5.41) is 5.02. The van der Waals surface area contributed by atoms with E-state index in [1.807, 2.05) is 36.0 Å². The van der Waals surface area contributed by atoms with Crippen LogP contribution in [0, 0.1) is 5.92 Å². The van der Waals surface area contributed by atoms with Crippen molar-refractivity contribution >= 4 is 22.6 Å². The van der Waals surface area contributed by atoms with Crippen LogP contribution < -0.4 is 10.1 Å². The number of amidine groups is 1. The Balaban J connectivity index is 1.44. The summed E-state index contributed by atoms with van der Waals surface area (Å²) in [6.07, 6.45) is 4.17. The molecule has 1 aromatic carbocycles. The van der Waals surface area contributed by atoms with E-state index >= 15 is 0 Å². The van der Waals surface area contributed by atoms with Crippen LogP contribution in [0.25, 0.3) is 0 Å². The number of anilines is 1. The molecule has 0 amide bonds. The van der Waals surface area contributed by atoms with Crippen molar-refractivity contribution in [3.63, 3.8) is 0 Å². The van der Waals surface area contributed by atoms with Crippen molar-refractivity contribution in [3.8, 4) is 11.6 Å². The second kappa shape index (κ2) is 9.84. The van der Waals surface area contributed by atoms with Crippen LogP contribution in [-0.4, -0.2) is 46.0 Å². The summed E-state index contributed by atoms with van der Waals surface area (Å²) < 4.78 is 6.32. The SMILES string of the molecule is CC(C)CCN1CCC2N=C(Nc3cccnc3Oc3ccccc3C(C)(C)C)SC2C1. The number of rotatable bonds is 6. The number of hydrogen-bond acceptors (Lipinski definition) is 6. The third-order valence-corrected chi connectivity index (χ3v) is 7.29. The van der Waals surface area contributed by atoms with E-state index in [-0.39, 0.29) is 5.41 Å². The molecule has 6 heteroatoms. The Hall–Kier alpha value is -2.05. The first-order valence-electron chi connectivity index (χ1n) is 11.8. The Kier molecular flexibility index (Phi) is 7.11. The minimum absolute atomic E-state index is 0.0124. The zero-order valence-corrected chi connectivity index (χ0v) is 20.8. The van der Waals surface area contributed by atoms with Gasteiger partial charge in [0.05, 0.1) is 6.04 Å². The van der Waals surface area contributed by atoms with E-state index in [9.17, 15) is 0 Å². The largest absolute Gasteiger partial charge is 0.437 e. The Bertz CT molecular complexity index is 953. The lowest BCUT2D eigenvalue weighted by atomic mass is 9.86. The highest BCUT2D eigenvalue weighted by Crippen LogP contribution is 2.37. The number of aromatic nitrogens is 1. The van der Waals surface area contributed by atoms with Gasteiger partial charge in [0.25, 0.3) is 0 Å². The second-order valence-electron chi connectivity index (χ2n) is 10.3. The van der Waals surface area contributed by atoms with Crippen molar-refractivity contribution in [3.05, 3.63) is 48.2 Å². The third kappa shape index (κ3) is 5.65. The molecule has 1 fully saturated rings. The summed E-state index contributed by atoms with van der Waals surface area (Å²) in [4.78, 5) is 12.1. The number of hydrogen-bond donors (Lipinski definition) is 1. The van der Waals surface area contributed by atoms with Crippen LogP contribution in [0.3, 0.4) is 0 Å². The zero-order valence-electron chi connectivity index (χ0n) is 20.0. The molecule has 172 valence electrons. The van der Waals surface area contributed by atoms with E-state index < -0.39 is 0 Å². The Morgan fingerprint density at radius 2 is 2.00 bits per heavy atom. The minimum Gasteiger partial charge on any atom is -0.437 e. The lowest BCUT2D eigenvalue weighted by Crippen LogP contribution is -2.43. The molecule has 4 rings (SSSR count). The van der Waals surface area contributed by atoms with Gasteiger partial charge in [-0.15, -0.1) is 0 Å². The van der Waals surface area contributed by atoms with Crippen LogP contribution in [0.15, 0.2) is 47.6 Å². The fourth-order valence-electron chi connectivity index (χ4n) is 4.22. The van der Waals surface area contributed by atoms with Crippen molar-refractivity contribution in [2.45, 2.75) is 64.2 Å². The number of benzene rings is 1. The van der Waals surface area contributed by atoms with Crippen molar-refractivity contribution in [2.24, 2.45) is 10.9 Å². The Morgan fingerprint density at radius 1 is 1.19 bits per heavy atom. The number of piperidine rings is 1. The number of fused-ring (bicyclic) bond motifs is 1. The van der Waals surface area contributed by atoms with Gasteiger partial charge in [0, 0.05) is 30.1 Å². The highest BCUT2D eigenvalue weighted by atomic mass is 32.2. The number of aliphatic imine (C=N–C) groups is 1. The summed E-state index contributed by atoms with van der Waals surface area (Å²) in [6, 6.07) is 12.6. The highest BCUT2D eigenvalue weighted by molar-refractivity contribution is 8.15. The average molecular weight is 453 g/mol. The van der Waals surface area contributed by atoms with Gasteiger partial charge in [-0.3, -0.25) is 4.99 Å². The monoisotopic (exact) mass is 452 g/mol. The van der Waals surface area contributed by atoms with Crippen LogP contribution in [0.1, 0.15) is 53.0 Å². The van der Waals surface area contributed by atoms with Crippen LogP contribution in [0.2, 0.25) is 0 Å². The number of nitrogens with one attached hydrogen (secondary N) is 1. The first-order chi connectivity index (χ1) is 15.3. The van der Waals surface area contributed by atoms with Gasteiger partial charge in [0.2, 0.25) is 5.88 Å². The van der Waals surface area contributed by atoms with Gasteiger partial charge < -0.3 is 15.0 Å². The summed E-state index contributed by atoms with van der Waals surface area (Å²) in [5.41, 5.74) is 2.01. The Morgan fingerprint density at radius 3 is 2.78 bits per heavy atom. The molecule has 1 saturated heterocycles. The van der Waals surface area contributed by atoms with E-state index in [0.29, 0.717) is 17.2 Å². The van der Waals surface area contributed by atoms with Gasteiger partial charge in [0.1, 0.15) is 11.4 Å². The lowest BCUT2D eigenvalue weighted by Gasteiger charge is -2.33. The van der Waals surface area contributed by atoms with Gasteiger partial charge in [-0.25, -0.2) is 4.98 Å². The van der Waals surface area contributed by atoms with Crippen LogP contribution in [0.5, 0.6) is 11.6 Å².